The number of sulfone groups is 1. The highest BCUT2D eigenvalue weighted by Gasteiger charge is 2.21. The van der Waals surface area contributed by atoms with E-state index in [9.17, 15) is 13.2 Å². The number of halogens is 1. The molecule has 9 heavy (non-hydrogen) atoms. The third-order valence-electron chi connectivity index (χ3n) is 0.696. The van der Waals surface area contributed by atoms with Crippen molar-refractivity contribution in [3.8, 4) is 0 Å². The van der Waals surface area contributed by atoms with Gasteiger partial charge in [-0.25, -0.2) is 8.42 Å². The van der Waals surface area contributed by atoms with Gasteiger partial charge in [0.05, 0.1) is 0 Å². The number of alkyl halides is 1. The Hall–Kier alpha value is -0.0900. The van der Waals surface area contributed by atoms with E-state index in [1.165, 1.54) is 0 Å². The first kappa shape index (κ1) is 8.91. The van der Waals surface area contributed by atoms with Crippen LogP contribution in [0, 0.1) is 0 Å². The molecule has 0 rings (SSSR count). The molecule has 0 heterocycles. The zero-order chi connectivity index (χ0) is 7.65. The van der Waals surface area contributed by atoms with Gasteiger partial charge in [0, 0.05) is 6.26 Å². The van der Waals surface area contributed by atoms with Gasteiger partial charge in [-0.3, -0.25) is 4.79 Å². The van der Waals surface area contributed by atoms with Gasteiger partial charge in [-0.05, 0) is 6.92 Å². The van der Waals surface area contributed by atoms with Crippen LogP contribution in [0.4, 0.5) is 0 Å². The van der Waals surface area contributed by atoms with Crippen LogP contribution in [-0.4, -0.2) is 25.2 Å². The number of Topliss-reactive ketones (excluding diaryl/α,β-unsaturated/α-hetero) is 1. The number of carbonyl (C=O) groups excluding carboxylic acids is 1. The van der Waals surface area contributed by atoms with E-state index in [1.54, 1.807) is 0 Å². The van der Waals surface area contributed by atoms with E-state index in [0.717, 1.165) is 13.2 Å². The molecule has 0 aromatic rings. The standard InChI is InChI=1S/C4H7ClO3S/c1-3(6)4(5)9(2,7)8/h4H,1-2H3/t4-/m1/s1. The van der Waals surface area contributed by atoms with E-state index in [1.807, 2.05) is 0 Å². The van der Waals surface area contributed by atoms with E-state index in [2.05, 4.69) is 0 Å². The summed E-state index contributed by atoms with van der Waals surface area (Å²) >= 11 is 5.15. The molecular formula is C4H7ClO3S. The van der Waals surface area contributed by atoms with Crippen molar-refractivity contribution in [1.29, 1.82) is 0 Å². The van der Waals surface area contributed by atoms with Crippen molar-refractivity contribution in [1.82, 2.24) is 0 Å². The Labute approximate surface area is 58.9 Å². The highest BCUT2D eigenvalue weighted by atomic mass is 35.5. The second kappa shape index (κ2) is 2.66. The van der Waals surface area contributed by atoms with Crippen LogP contribution >= 0.6 is 11.6 Å². The topological polar surface area (TPSA) is 51.2 Å². The van der Waals surface area contributed by atoms with Crippen LogP contribution in [0.15, 0.2) is 0 Å². The Balaban J connectivity index is 4.43. The zero-order valence-electron chi connectivity index (χ0n) is 5.09. The second-order valence-corrected chi connectivity index (χ2v) is 4.58. The molecule has 0 fully saturated rings. The molecule has 0 aliphatic carbocycles. The fourth-order valence-electron chi connectivity index (χ4n) is 0.301. The molecule has 0 aromatic heterocycles. The molecule has 0 radical (unpaired) electrons. The van der Waals surface area contributed by atoms with Gasteiger partial charge >= 0.3 is 0 Å². The van der Waals surface area contributed by atoms with Gasteiger partial charge in [-0.2, -0.15) is 0 Å². The molecule has 3 nitrogen and oxygen atoms in total. The molecule has 0 amide bonds. The predicted molar refractivity (Wildman–Crippen MR) is 35.2 cm³/mol. The van der Waals surface area contributed by atoms with Gasteiger partial charge < -0.3 is 0 Å². The smallest absolute Gasteiger partial charge is 0.192 e. The number of carbonyl (C=O) groups is 1. The van der Waals surface area contributed by atoms with Gasteiger partial charge in [-0.1, -0.05) is 11.6 Å². The first-order valence-electron chi connectivity index (χ1n) is 2.19. The van der Waals surface area contributed by atoms with Crippen LogP contribution < -0.4 is 0 Å². The molecule has 0 aliphatic rings. The van der Waals surface area contributed by atoms with Crippen LogP contribution in [0.1, 0.15) is 6.92 Å². The summed E-state index contributed by atoms with van der Waals surface area (Å²) in [5.74, 6) is -0.542. The molecule has 0 aliphatic heterocycles. The molecular weight excluding hydrogens is 164 g/mol. The monoisotopic (exact) mass is 170 g/mol. The van der Waals surface area contributed by atoms with Crippen molar-refractivity contribution in [3.63, 3.8) is 0 Å². The molecule has 54 valence electrons. The van der Waals surface area contributed by atoms with E-state index < -0.39 is 20.3 Å². The quantitative estimate of drug-likeness (QED) is 0.556. The van der Waals surface area contributed by atoms with Crippen molar-refractivity contribution in [2.75, 3.05) is 6.26 Å². The highest BCUT2D eigenvalue weighted by Crippen LogP contribution is 2.04. The lowest BCUT2D eigenvalue weighted by Crippen LogP contribution is -2.20. The number of rotatable bonds is 2. The second-order valence-electron chi connectivity index (χ2n) is 1.76. The Morgan fingerprint density at radius 1 is 1.56 bits per heavy atom. The number of hydrogen-bond donors (Lipinski definition) is 0. The summed E-state index contributed by atoms with van der Waals surface area (Å²) < 4.78 is 19.5. The van der Waals surface area contributed by atoms with E-state index in [-0.39, 0.29) is 0 Å². The Morgan fingerprint density at radius 3 is 1.89 bits per heavy atom. The minimum absolute atomic E-state index is 0.542. The van der Waals surface area contributed by atoms with Crippen LogP contribution in [0.5, 0.6) is 0 Å². The molecule has 0 bridgehead atoms. The Kier molecular flexibility index (Phi) is 2.64. The van der Waals surface area contributed by atoms with Crippen molar-refractivity contribution in [2.45, 2.75) is 11.6 Å². The minimum Gasteiger partial charge on any atom is -0.297 e. The van der Waals surface area contributed by atoms with E-state index in [0.29, 0.717) is 0 Å². The normalized spacial score (nSPS) is 15.0. The van der Waals surface area contributed by atoms with Crippen molar-refractivity contribution >= 4 is 27.2 Å². The summed E-state index contributed by atoms with van der Waals surface area (Å²) in [6.45, 7) is 1.14. The average molecular weight is 171 g/mol. The SMILES string of the molecule is CC(=O)[C@H](Cl)S(C)(=O)=O. The minimum atomic E-state index is -3.39. The lowest BCUT2D eigenvalue weighted by molar-refractivity contribution is -0.115. The third kappa shape index (κ3) is 2.81. The summed E-state index contributed by atoms with van der Waals surface area (Å²) in [7, 11) is -3.39. The van der Waals surface area contributed by atoms with Crippen LogP contribution in [0.2, 0.25) is 0 Å². The molecule has 0 N–H and O–H groups in total. The van der Waals surface area contributed by atoms with Crippen molar-refractivity contribution < 1.29 is 13.2 Å². The molecule has 0 saturated carbocycles. The molecule has 0 spiro atoms. The molecule has 0 aromatic carbocycles. The van der Waals surface area contributed by atoms with Crippen LogP contribution in [0.25, 0.3) is 0 Å². The summed E-state index contributed by atoms with van der Waals surface area (Å²) in [6, 6.07) is 0. The van der Waals surface area contributed by atoms with Crippen molar-refractivity contribution in [3.05, 3.63) is 0 Å². The van der Waals surface area contributed by atoms with Gasteiger partial charge in [-0.15, -0.1) is 0 Å². The maximum Gasteiger partial charge on any atom is 0.192 e. The third-order valence-corrected chi connectivity index (χ3v) is 3.06. The average Bonchev–Trinajstić information content (AvgIpc) is 1.62. The highest BCUT2D eigenvalue weighted by molar-refractivity contribution is 7.93. The summed E-state index contributed by atoms with van der Waals surface area (Å²) in [4.78, 5) is 10.3. The molecule has 0 unspecified atom stereocenters. The maximum absolute atomic E-state index is 10.4. The first-order chi connectivity index (χ1) is 3.85. The van der Waals surface area contributed by atoms with Gasteiger partial charge in [0.2, 0.25) is 0 Å². The fraction of sp³-hybridized carbons (Fsp3) is 0.750. The summed E-state index contributed by atoms with van der Waals surface area (Å²) in [5, 5.41) is 0. The predicted octanol–water partition coefficient (Wildman–Crippen LogP) is 0.185. The summed E-state index contributed by atoms with van der Waals surface area (Å²) in [6.07, 6.45) is 0.923. The summed E-state index contributed by atoms with van der Waals surface area (Å²) in [5.41, 5.74) is 0. The zero-order valence-corrected chi connectivity index (χ0v) is 6.66. The van der Waals surface area contributed by atoms with Crippen molar-refractivity contribution in [2.24, 2.45) is 0 Å². The van der Waals surface area contributed by atoms with Crippen LogP contribution in [-0.2, 0) is 14.6 Å². The maximum atomic E-state index is 10.4. The molecule has 1 atom stereocenters. The number of hydrogen-bond acceptors (Lipinski definition) is 3. The lowest BCUT2D eigenvalue weighted by atomic mass is 10.5. The first-order valence-corrected chi connectivity index (χ1v) is 4.58. The Morgan fingerprint density at radius 2 is 1.89 bits per heavy atom. The lowest BCUT2D eigenvalue weighted by Gasteiger charge is -1.99. The Bertz CT molecular complexity index is 206. The van der Waals surface area contributed by atoms with Gasteiger partial charge in [0.25, 0.3) is 0 Å². The van der Waals surface area contributed by atoms with E-state index >= 15 is 0 Å². The van der Waals surface area contributed by atoms with Crippen LogP contribution in [0.3, 0.4) is 0 Å². The van der Waals surface area contributed by atoms with E-state index in [4.69, 9.17) is 11.6 Å². The fourth-order valence-corrected chi connectivity index (χ4v) is 0.904. The largest absolute Gasteiger partial charge is 0.297 e. The molecule has 5 heteroatoms. The molecule has 0 saturated heterocycles. The van der Waals surface area contributed by atoms with Gasteiger partial charge in [0.1, 0.15) is 0 Å². The number of ketones is 1. The van der Waals surface area contributed by atoms with Gasteiger partial charge in [0.15, 0.2) is 20.3 Å².